The van der Waals surface area contributed by atoms with E-state index in [0.717, 1.165) is 31.5 Å². The van der Waals surface area contributed by atoms with Crippen LogP contribution in [0.15, 0.2) is 30.6 Å². The predicted molar refractivity (Wildman–Crippen MR) is 94.8 cm³/mol. The van der Waals surface area contributed by atoms with Crippen LogP contribution >= 0.6 is 23.2 Å². The molecule has 2 aromatic rings. The second-order valence-corrected chi connectivity index (χ2v) is 6.66. The zero-order valence-corrected chi connectivity index (χ0v) is 14.7. The van der Waals surface area contributed by atoms with Crippen molar-refractivity contribution in [1.82, 2.24) is 9.97 Å². The van der Waals surface area contributed by atoms with E-state index in [1.807, 2.05) is 0 Å². The zero-order chi connectivity index (χ0) is 16.9. The van der Waals surface area contributed by atoms with Crippen LogP contribution in [0, 0.1) is 5.92 Å². The third kappa shape index (κ3) is 4.09. The number of rotatable bonds is 5. The summed E-state index contributed by atoms with van der Waals surface area (Å²) in [5.74, 6) is 1.52. The van der Waals surface area contributed by atoms with Gasteiger partial charge < -0.3 is 14.7 Å². The molecule has 1 atom stereocenters. The highest BCUT2D eigenvalue weighted by molar-refractivity contribution is 6.35. The van der Waals surface area contributed by atoms with E-state index in [1.54, 1.807) is 30.6 Å². The lowest BCUT2D eigenvalue weighted by molar-refractivity contribution is 0.208. The fraction of sp³-hybridized carbons (Fsp3) is 0.412. The van der Waals surface area contributed by atoms with Crippen LogP contribution in [-0.2, 0) is 6.61 Å². The van der Waals surface area contributed by atoms with E-state index >= 15 is 0 Å². The van der Waals surface area contributed by atoms with Gasteiger partial charge in [0.15, 0.2) is 5.75 Å². The van der Waals surface area contributed by atoms with Crippen molar-refractivity contribution in [2.75, 3.05) is 24.6 Å². The van der Waals surface area contributed by atoms with Crippen LogP contribution in [0.25, 0.3) is 0 Å². The van der Waals surface area contributed by atoms with E-state index in [2.05, 4.69) is 14.9 Å². The fourth-order valence-electron chi connectivity index (χ4n) is 2.77. The molecule has 0 amide bonds. The molecular formula is C17H19Cl2N3O2. The minimum absolute atomic E-state index is 0.205. The van der Waals surface area contributed by atoms with Gasteiger partial charge in [-0.15, -0.1) is 0 Å². The second kappa shape index (κ2) is 8.01. The molecule has 7 heteroatoms. The van der Waals surface area contributed by atoms with Crippen LogP contribution < -0.4 is 9.64 Å². The maximum Gasteiger partial charge on any atom is 0.225 e. The molecular weight excluding hydrogens is 349 g/mol. The van der Waals surface area contributed by atoms with E-state index in [4.69, 9.17) is 27.9 Å². The second-order valence-electron chi connectivity index (χ2n) is 5.84. The number of benzene rings is 1. The van der Waals surface area contributed by atoms with Gasteiger partial charge in [-0.1, -0.05) is 29.3 Å². The van der Waals surface area contributed by atoms with Crippen molar-refractivity contribution in [2.45, 2.75) is 19.4 Å². The average Bonchev–Trinajstić information content (AvgIpc) is 2.62. The first-order valence-electron chi connectivity index (χ1n) is 7.91. The summed E-state index contributed by atoms with van der Waals surface area (Å²) < 4.78 is 5.69. The van der Waals surface area contributed by atoms with Crippen molar-refractivity contribution < 1.29 is 9.84 Å². The Morgan fingerprint density at radius 2 is 1.92 bits per heavy atom. The van der Waals surface area contributed by atoms with Gasteiger partial charge in [-0.25, -0.2) is 9.97 Å². The lowest BCUT2D eigenvalue weighted by Crippen LogP contribution is -2.37. The van der Waals surface area contributed by atoms with Gasteiger partial charge in [0.25, 0.3) is 0 Å². The van der Waals surface area contributed by atoms with Gasteiger partial charge in [0.05, 0.1) is 12.4 Å². The van der Waals surface area contributed by atoms with Crippen LogP contribution in [0.5, 0.6) is 5.75 Å². The molecule has 1 aliphatic heterocycles. The molecule has 1 aromatic heterocycles. The van der Waals surface area contributed by atoms with Crippen molar-refractivity contribution in [3.8, 4) is 5.75 Å². The molecule has 3 rings (SSSR count). The average molecular weight is 368 g/mol. The first-order chi connectivity index (χ1) is 11.7. The van der Waals surface area contributed by atoms with Gasteiger partial charge in [0, 0.05) is 35.3 Å². The Bertz CT molecular complexity index is 662. The van der Waals surface area contributed by atoms with Gasteiger partial charge in [-0.05, 0) is 30.9 Å². The summed E-state index contributed by atoms with van der Waals surface area (Å²) in [7, 11) is 0. The van der Waals surface area contributed by atoms with Crippen LogP contribution in [0.3, 0.4) is 0 Å². The summed E-state index contributed by atoms with van der Waals surface area (Å²) in [6, 6.07) is 5.35. The van der Waals surface area contributed by atoms with Crippen molar-refractivity contribution in [3.63, 3.8) is 0 Å². The maximum atomic E-state index is 9.31. The van der Waals surface area contributed by atoms with Gasteiger partial charge in [0.1, 0.15) is 6.61 Å². The standard InChI is InChI=1S/C17H19Cl2N3O2/c18-15-4-1-5-16(19)14(15)11-24-13-7-20-17(21-8-13)22-6-2-3-12(9-22)10-23/h1,4-5,7-8,12,23H,2-3,6,9-11H2. The quantitative estimate of drug-likeness (QED) is 0.875. The van der Waals surface area contributed by atoms with Crippen molar-refractivity contribution >= 4 is 29.2 Å². The number of nitrogens with zero attached hydrogens (tertiary/aromatic N) is 3. The molecule has 2 heterocycles. The molecule has 1 fully saturated rings. The lowest BCUT2D eigenvalue weighted by Gasteiger charge is -2.31. The van der Waals surface area contributed by atoms with Gasteiger partial charge >= 0.3 is 0 Å². The number of aliphatic hydroxyl groups excluding tert-OH is 1. The number of halogens is 2. The number of piperidine rings is 1. The number of anilines is 1. The Morgan fingerprint density at radius 1 is 1.21 bits per heavy atom. The van der Waals surface area contributed by atoms with Crippen LogP contribution in [-0.4, -0.2) is 34.8 Å². The van der Waals surface area contributed by atoms with Crippen molar-refractivity contribution in [3.05, 3.63) is 46.2 Å². The van der Waals surface area contributed by atoms with Crippen molar-refractivity contribution in [1.29, 1.82) is 0 Å². The molecule has 0 saturated carbocycles. The molecule has 1 N–H and O–H groups in total. The molecule has 1 aliphatic rings. The molecule has 5 nitrogen and oxygen atoms in total. The number of aliphatic hydroxyl groups is 1. The summed E-state index contributed by atoms with van der Waals surface area (Å²) in [4.78, 5) is 10.8. The van der Waals surface area contributed by atoms with E-state index in [-0.39, 0.29) is 13.2 Å². The zero-order valence-electron chi connectivity index (χ0n) is 13.2. The maximum absolute atomic E-state index is 9.31. The third-order valence-corrected chi connectivity index (χ3v) is 4.83. The third-order valence-electron chi connectivity index (χ3n) is 4.12. The lowest BCUT2D eigenvalue weighted by atomic mass is 9.99. The molecule has 24 heavy (non-hydrogen) atoms. The fourth-order valence-corrected chi connectivity index (χ4v) is 3.28. The molecule has 1 unspecified atom stereocenters. The Kier molecular flexibility index (Phi) is 5.76. The highest BCUT2D eigenvalue weighted by Crippen LogP contribution is 2.26. The minimum Gasteiger partial charge on any atom is -0.486 e. The predicted octanol–water partition coefficient (Wildman–Crippen LogP) is 3.57. The minimum atomic E-state index is 0.205. The highest BCUT2D eigenvalue weighted by atomic mass is 35.5. The summed E-state index contributed by atoms with van der Waals surface area (Å²) in [5.41, 5.74) is 0.742. The molecule has 1 aromatic carbocycles. The Hall–Kier alpha value is -1.56. The van der Waals surface area contributed by atoms with Crippen LogP contribution in [0.4, 0.5) is 5.95 Å². The largest absolute Gasteiger partial charge is 0.486 e. The number of hydrogen-bond donors (Lipinski definition) is 1. The smallest absolute Gasteiger partial charge is 0.225 e. The van der Waals surface area contributed by atoms with Gasteiger partial charge in [0.2, 0.25) is 5.95 Å². The van der Waals surface area contributed by atoms with Crippen LogP contribution in [0.1, 0.15) is 18.4 Å². The van der Waals surface area contributed by atoms with E-state index in [9.17, 15) is 5.11 Å². The first kappa shape index (κ1) is 17.3. The Morgan fingerprint density at radius 3 is 2.58 bits per heavy atom. The normalized spacial score (nSPS) is 17.8. The number of hydrogen-bond acceptors (Lipinski definition) is 5. The summed E-state index contributed by atoms with van der Waals surface area (Å²) in [5, 5.41) is 10.5. The van der Waals surface area contributed by atoms with Crippen molar-refractivity contribution in [2.24, 2.45) is 5.92 Å². The molecule has 0 bridgehead atoms. The summed E-state index contributed by atoms with van der Waals surface area (Å²) in [6.45, 7) is 2.16. The Balaban J connectivity index is 1.62. The van der Waals surface area contributed by atoms with Crippen LogP contribution in [0.2, 0.25) is 10.0 Å². The topological polar surface area (TPSA) is 58.5 Å². The molecule has 0 spiro atoms. The van der Waals surface area contributed by atoms with E-state index in [0.29, 0.717) is 27.7 Å². The molecule has 1 saturated heterocycles. The van der Waals surface area contributed by atoms with Gasteiger partial charge in [-0.3, -0.25) is 0 Å². The molecule has 0 aliphatic carbocycles. The number of aromatic nitrogens is 2. The van der Waals surface area contributed by atoms with Gasteiger partial charge in [-0.2, -0.15) is 0 Å². The molecule has 128 valence electrons. The van der Waals surface area contributed by atoms with E-state index in [1.165, 1.54) is 0 Å². The SMILES string of the molecule is OCC1CCCN(c2ncc(OCc3c(Cl)cccc3Cl)cn2)C1. The number of ether oxygens (including phenoxy) is 1. The Labute approximate surface area is 151 Å². The van der Waals surface area contributed by atoms with E-state index < -0.39 is 0 Å². The monoisotopic (exact) mass is 367 g/mol. The molecule has 0 radical (unpaired) electrons. The summed E-state index contributed by atoms with van der Waals surface area (Å²) in [6.07, 6.45) is 5.38. The highest BCUT2D eigenvalue weighted by Gasteiger charge is 2.21. The summed E-state index contributed by atoms with van der Waals surface area (Å²) >= 11 is 12.3. The first-order valence-corrected chi connectivity index (χ1v) is 8.66.